The predicted molar refractivity (Wildman–Crippen MR) is 87.0 cm³/mol. The Bertz CT molecular complexity index is 466. The molecule has 0 aliphatic rings. The van der Waals surface area contributed by atoms with Crippen LogP contribution in [0, 0.1) is 13.8 Å². The molecule has 0 aliphatic heterocycles. The molecule has 1 aromatic carbocycles. The third kappa shape index (κ3) is 5.09. The van der Waals surface area contributed by atoms with Gasteiger partial charge in [-0.2, -0.15) is 0 Å². The third-order valence-electron chi connectivity index (χ3n) is 2.68. The first kappa shape index (κ1) is 18.2. The van der Waals surface area contributed by atoms with Crippen molar-refractivity contribution in [1.29, 1.82) is 0 Å². The Morgan fingerprint density at radius 1 is 1.25 bits per heavy atom. The quantitative estimate of drug-likeness (QED) is 0.651. The van der Waals surface area contributed by atoms with Crippen LogP contribution in [0.3, 0.4) is 0 Å². The number of anilines is 1. The number of rotatable bonds is 2. The maximum Gasteiger partial charge on any atom is 0.326 e. The molecule has 1 aromatic rings. The van der Waals surface area contributed by atoms with Crippen LogP contribution in [0.15, 0.2) is 23.2 Å². The molecular weight excluding hydrogens is 276 g/mol. The van der Waals surface area contributed by atoms with Gasteiger partial charge in [-0.3, -0.25) is 10.3 Å². The minimum Gasteiger partial charge on any atom is -0.349 e. The number of carbonyl (C=O) groups excluding carboxylic acids is 1. The SMILES string of the molecule is CCN=C(NC(=O)Nc1c(C)cccc1C)N(C)C.Cl. The van der Waals surface area contributed by atoms with Crippen molar-refractivity contribution >= 4 is 30.1 Å². The largest absolute Gasteiger partial charge is 0.349 e. The molecule has 0 bridgehead atoms. The van der Waals surface area contributed by atoms with Crippen LogP contribution in [0.2, 0.25) is 0 Å². The monoisotopic (exact) mass is 298 g/mol. The van der Waals surface area contributed by atoms with Crippen molar-refractivity contribution in [3.63, 3.8) is 0 Å². The van der Waals surface area contributed by atoms with Gasteiger partial charge in [0, 0.05) is 26.3 Å². The van der Waals surface area contributed by atoms with Crippen molar-refractivity contribution in [2.24, 2.45) is 4.99 Å². The first-order valence-electron chi connectivity index (χ1n) is 6.31. The van der Waals surface area contributed by atoms with Crippen molar-refractivity contribution in [1.82, 2.24) is 10.2 Å². The lowest BCUT2D eigenvalue weighted by atomic mass is 10.1. The standard InChI is InChI=1S/C14H22N4O.ClH/c1-6-15-13(18(4)5)17-14(19)16-12-10(2)8-7-9-11(12)3;/h7-9H,6H2,1-5H3,(H2,15,16,17,19);1H. The Morgan fingerprint density at radius 3 is 2.25 bits per heavy atom. The first-order valence-corrected chi connectivity index (χ1v) is 6.31. The van der Waals surface area contributed by atoms with E-state index < -0.39 is 0 Å². The minimum absolute atomic E-state index is 0. The number of halogens is 1. The van der Waals surface area contributed by atoms with Crippen LogP contribution in [0.1, 0.15) is 18.1 Å². The van der Waals surface area contributed by atoms with Crippen LogP contribution in [0.4, 0.5) is 10.5 Å². The van der Waals surface area contributed by atoms with Gasteiger partial charge in [-0.25, -0.2) is 4.79 Å². The third-order valence-corrected chi connectivity index (χ3v) is 2.68. The van der Waals surface area contributed by atoms with E-state index in [0.717, 1.165) is 16.8 Å². The van der Waals surface area contributed by atoms with Crippen molar-refractivity contribution in [3.05, 3.63) is 29.3 Å². The number of aliphatic imine (C=N–C) groups is 1. The number of amides is 2. The highest BCUT2D eigenvalue weighted by molar-refractivity contribution is 6.02. The van der Waals surface area contributed by atoms with Gasteiger partial charge < -0.3 is 10.2 Å². The number of hydrogen-bond donors (Lipinski definition) is 2. The van der Waals surface area contributed by atoms with Crippen molar-refractivity contribution < 1.29 is 4.79 Å². The van der Waals surface area contributed by atoms with Crippen LogP contribution < -0.4 is 10.6 Å². The zero-order chi connectivity index (χ0) is 14.4. The van der Waals surface area contributed by atoms with Crippen LogP contribution in [0.5, 0.6) is 0 Å². The van der Waals surface area contributed by atoms with E-state index in [1.165, 1.54) is 0 Å². The minimum atomic E-state index is -0.279. The molecule has 0 atom stereocenters. The summed E-state index contributed by atoms with van der Waals surface area (Å²) >= 11 is 0. The summed E-state index contributed by atoms with van der Waals surface area (Å²) in [5.74, 6) is 0.547. The fraction of sp³-hybridized carbons (Fsp3) is 0.429. The molecule has 0 saturated heterocycles. The fourth-order valence-corrected chi connectivity index (χ4v) is 1.70. The number of nitrogens with one attached hydrogen (secondary N) is 2. The summed E-state index contributed by atoms with van der Waals surface area (Å²) in [6.07, 6.45) is 0. The van der Waals surface area contributed by atoms with E-state index in [1.54, 1.807) is 4.90 Å². The number of benzene rings is 1. The molecule has 0 saturated carbocycles. The number of guanidine groups is 1. The van der Waals surface area contributed by atoms with Crippen LogP contribution in [0.25, 0.3) is 0 Å². The van der Waals surface area contributed by atoms with Gasteiger partial charge in [-0.1, -0.05) is 18.2 Å². The highest BCUT2D eigenvalue weighted by atomic mass is 35.5. The van der Waals surface area contributed by atoms with E-state index >= 15 is 0 Å². The maximum absolute atomic E-state index is 12.0. The van der Waals surface area contributed by atoms with Gasteiger partial charge in [0.05, 0.1) is 0 Å². The molecule has 5 nitrogen and oxygen atoms in total. The molecule has 0 spiro atoms. The van der Waals surface area contributed by atoms with Crippen LogP contribution >= 0.6 is 12.4 Å². The summed E-state index contributed by atoms with van der Waals surface area (Å²) in [6.45, 7) is 6.48. The molecule has 0 unspecified atom stereocenters. The molecule has 2 amide bonds. The van der Waals surface area contributed by atoms with E-state index in [0.29, 0.717) is 12.5 Å². The van der Waals surface area contributed by atoms with E-state index in [4.69, 9.17) is 0 Å². The number of aryl methyl sites for hydroxylation is 2. The zero-order valence-corrected chi connectivity index (χ0v) is 13.5. The zero-order valence-electron chi connectivity index (χ0n) is 12.7. The van der Waals surface area contributed by atoms with Crippen molar-refractivity contribution in [2.45, 2.75) is 20.8 Å². The summed E-state index contributed by atoms with van der Waals surface area (Å²) in [6, 6.07) is 5.63. The second-order valence-corrected chi connectivity index (χ2v) is 4.54. The van der Waals surface area contributed by atoms with E-state index in [-0.39, 0.29) is 18.4 Å². The molecule has 112 valence electrons. The average Bonchev–Trinajstić information content (AvgIpc) is 2.33. The van der Waals surface area contributed by atoms with E-state index in [9.17, 15) is 4.79 Å². The molecule has 0 fully saturated rings. The molecule has 6 heteroatoms. The van der Waals surface area contributed by atoms with Crippen molar-refractivity contribution in [2.75, 3.05) is 26.0 Å². The lowest BCUT2D eigenvalue weighted by molar-refractivity contribution is 0.255. The summed E-state index contributed by atoms with van der Waals surface area (Å²) in [7, 11) is 3.68. The Labute approximate surface area is 126 Å². The van der Waals surface area contributed by atoms with E-state index in [1.807, 2.05) is 53.1 Å². The molecule has 0 aromatic heterocycles. The maximum atomic E-state index is 12.0. The molecule has 0 heterocycles. The number of para-hydroxylation sites is 1. The molecule has 0 radical (unpaired) electrons. The van der Waals surface area contributed by atoms with Gasteiger partial charge in [0.1, 0.15) is 0 Å². The van der Waals surface area contributed by atoms with Gasteiger partial charge in [0.2, 0.25) is 5.96 Å². The van der Waals surface area contributed by atoms with Gasteiger partial charge in [0.25, 0.3) is 0 Å². The van der Waals surface area contributed by atoms with E-state index in [2.05, 4.69) is 15.6 Å². The second-order valence-electron chi connectivity index (χ2n) is 4.54. The average molecular weight is 299 g/mol. The molecule has 2 N–H and O–H groups in total. The Balaban J connectivity index is 0.00000361. The lowest BCUT2D eigenvalue weighted by Gasteiger charge is -2.18. The Kier molecular flexibility index (Phi) is 7.69. The van der Waals surface area contributed by atoms with Gasteiger partial charge in [0.15, 0.2) is 0 Å². The Morgan fingerprint density at radius 2 is 1.80 bits per heavy atom. The molecule has 20 heavy (non-hydrogen) atoms. The lowest BCUT2D eigenvalue weighted by Crippen LogP contribution is -2.42. The van der Waals surface area contributed by atoms with Crippen molar-refractivity contribution in [3.8, 4) is 0 Å². The number of hydrogen-bond acceptors (Lipinski definition) is 2. The first-order chi connectivity index (χ1) is 8.95. The number of carbonyl (C=O) groups is 1. The summed E-state index contributed by atoms with van der Waals surface area (Å²) in [4.78, 5) is 18.0. The summed E-state index contributed by atoms with van der Waals surface area (Å²) < 4.78 is 0. The van der Waals surface area contributed by atoms with Crippen LogP contribution in [-0.2, 0) is 0 Å². The highest BCUT2D eigenvalue weighted by Crippen LogP contribution is 2.18. The topological polar surface area (TPSA) is 56.7 Å². The van der Waals surface area contributed by atoms with Crippen LogP contribution in [-0.4, -0.2) is 37.5 Å². The van der Waals surface area contributed by atoms with Gasteiger partial charge in [-0.05, 0) is 31.9 Å². The number of urea groups is 1. The summed E-state index contributed by atoms with van der Waals surface area (Å²) in [5.41, 5.74) is 2.91. The molecule has 1 rings (SSSR count). The smallest absolute Gasteiger partial charge is 0.326 e. The Hall–Kier alpha value is -1.75. The van der Waals surface area contributed by atoms with Gasteiger partial charge >= 0.3 is 6.03 Å². The molecular formula is C14H23ClN4O. The fourth-order valence-electron chi connectivity index (χ4n) is 1.70. The van der Waals surface area contributed by atoms with Gasteiger partial charge in [-0.15, -0.1) is 12.4 Å². The second kappa shape index (κ2) is 8.43. The normalized spacial score (nSPS) is 10.6. The highest BCUT2D eigenvalue weighted by Gasteiger charge is 2.10. The predicted octanol–water partition coefficient (Wildman–Crippen LogP) is 2.78. The summed E-state index contributed by atoms with van der Waals surface area (Å²) in [5, 5.41) is 5.61. The number of nitrogens with zero attached hydrogens (tertiary/aromatic N) is 2. The molecule has 0 aliphatic carbocycles.